The molecular formula is C18H20BrN5S. The van der Waals surface area contributed by atoms with Crippen molar-refractivity contribution in [3.63, 3.8) is 0 Å². The van der Waals surface area contributed by atoms with Gasteiger partial charge < -0.3 is 4.90 Å². The Hall–Kier alpha value is -1.47. The normalized spacial score (nSPS) is 19.1. The summed E-state index contributed by atoms with van der Waals surface area (Å²) in [7, 11) is 0. The average Bonchev–Trinajstić information content (AvgIpc) is 3.26. The highest BCUT2D eigenvalue weighted by molar-refractivity contribution is 9.10. The predicted molar refractivity (Wildman–Crippen MR) is 104 cm³/mol. The first kappa shape index (κ1) is 15.8. The van der Waals surface area contributed by atoms with E-state index in [9.17, 15) is 0 Å². The number of anilines is 1. The maximum absolute atomic E-state index is 4.86. The highest BCUT2D eigenvalue weighted by Gasteiger charge is 2.42. The number of thiazole rings is 1. The molecule has 5 rings (SSSR count). The molecule has 0 bridgehead atoms. The van der Waals surface area contributed by atoms with Crippen LogP contribution in [-0.4, -0.2) is 32.7 Å². The van der Waals surface area contributed by atoms with Crippen LogP contribution >= 0.6 is 27.3 Å². The van der Waals surface area contributed by atoms with Gasteiger partial charge in [0.25, 0.3) is 0 Å². The maximum atomic E-state index is 4.86. The number of fused-ring (bicyclic) bond motifs is 2. The fraction of sp³-hybridized carbons (Fsp3) is 0.500. The third kappa shape index (κ3) is 2.43. The van der Waals surface area contributed by atoms with E-state index in [0.717, 1.165) is 41.1 Å². The van der Waals surface area contributed by atoms with Gasteiger partial charge in [0.2, 0.25) is 0 Å². The number of nitrogens with zero attached hydrogens (tertiary/aromatic N) is 5. The van der Waals surface area contributed by atoms with Gasteiger partial charge in [-0.2, -0.15) is 5.10 Å². The molecular weight excluding hydrogens is 398 g/mol. The number of hydrogen-bond donors (Lipinski definition) is 0. The summed E-state index contributed by atoms with van der Waals surface area (Å²) in [6, 6.07) is 2.05. The van der Waals surface area contributed by atoms with Gasteiger partial charge in [0, 0.05) is 18.0 Å². The number of piperidine rings is 1. The van der Waals surface area contributed by atoms with E-state index in [2.05, 4.69) is 38.9 Å². The van der Waals surface area contributed by atoms with Gasteiger partial charge in [0.05, 0.1) is 22.6 Å². The van der Waals surface area contributed by atoms with Crippen LogP contribution in [0.3, 0.4) is 0 Å². The lowest BCUT2D eigenvalue weighted by Crippen LogP contribution is -2.41. The van der Waals surface area contributed by atoms with Gasteiger partial charge >= 0.3 is 0 Å². The van der Waals surface area contributed by atoms with Crippen molar-refractivity contribution in [2.75, 3.05) is 18.0 Å². The highest BCUT2D eigenvalue weighted by atomic mass is 79.9. The number of rotatable bonds is 1. The molecule has 0 amide bonds. The Morgan fingerprint density at radius 2 is 1.96 bits per heavy atom. The number of halogens is 1. The van der Waals surface area contributed by atoms with E-state index in [1.165, 1.54) is 34.8 Å². The summed E-state index contributed by atoms with van der Waals surface area (Å²) in [5, 5.41) is 5.65. The zero-order chi connectivity index (χ0) is 17.2. The van der Waals surface area contributed by atoms with Crippen LogP contribution in [0.2, 0.25) is 0 Å². The molecule has 3 aromatic rings. The Morgan fingerprint density at radius 3 is 2.72 bits per heavy atom. The molecule has 1 fully saturated rings. The summed E-state index contributed by atoms with van der Waals surface area (Å²) in [5.41, 5.74) is 3.86. The summed E-state index contributed by atoms with van der Waals surface area (Å²) in [6.07, 6.45) is 6.66. The average molecular weight is 418 g/mol. The highest BCUT2D eigenvalue weighted by Crippen LogP contribution is 2.46. The summed E-state index contributed by atoms with van der Waals surface area (Å²) in [5.74, 6) is 1.06. The van der Waals surface area contributed by atoms with Gasteiger partial charge in [-0.05, 0) is 66.9 Å². The van der Waals surface area contributed by atoms with Crippen molar-refractivity contribution in [2.45, 2.75) is 39.5 Å². The molecule has 1 aliphatic carbocycles. The van der Waals surface area contributed by atoms with Crippen LogP contribution in [0, 0.1) is 19.3 Å². The van der Waals surface area contributed by atoms with E-state index in [1.807, 2.05) is 29.0 Å². The van der Waals surface area contributed by atoms with E-state index in [4.69, 9.17) is 9.97 Å². The number of aromatic nitrogens is 4. The second-order valence-electron chi connectivity index (χ2n) is 7.38. The molecule has 0 aromatic carbocycles. The van der Waals surface area contributed by atoms with E-state index >= 15 is 0 Å². The zero-order valence-corrected chi connectivity index (χ0v) is 16.8. The van der Waals surface area contributed by atoms with Gasteiger partial charge in [-0.1, -0.05) is 0 Å². The monoisotopic (exact) mass is 417 g/mol. The predicted octanol–water partition coefficient (Wildman–Crippen LogP) is 3.95. The first-order valence-corrected chi connectivity index (χ1v) is 10.4. The van der Waals surface area contributed by atoms with Crippen molar-refractivity contribution in [1.29, 1.82) is 0 Å². The zero-order valence-electron chi connectivity index (χ0n) is 14.4. The molecule has 25 heavy (non-hydrogen) atoms. The molecule has 2 aliphatic rings. The van der Waals surface area contributed by atoms with Crippen LogP contribution in [0.15, 0.2) is 16.9 Å². The third-order valence-corrected chi connectivity index (χ3v) is 7.64. The van der Waals surface area contributed by atoms with Crippen molar-refractivity contribution in [3.05, 3.63) is 38.1 Å². The lowest BCUT2D eigenvalue weighted by Gasteiger charge is -2.40. The summed E-state index contributed by atoms with van der Waals surface area (Å²) >= 11 is 5.49. The van der Waals surface area contributed by atoms with Gasteiger partial charge in [0.15, 0.2) is 5.82 Å². The van der Waals surface area contributed by atoms with Crippen LogP contribution in [0.1, 0.15) is 34.1 Å². The van der Waals surface area contributed by atoms with Crippen molar-refractivity contribution >= 4 is 38.6 Å². The standard InChI is InChI=1S/C18H20BrN5S/c1-11-16(19)24-14(3-6-20-24)17(21-11)23-7-4-18(5-8-23)9-13-15(10-18)25-12(2)22-13/h3,6H,4-5,7-10H2,1-2H3. The fourth-order valence-electron chi connectivity index (χ4n) is 4.37. The molecule has 0 saturated carbocycles. The second-order valence-corrected chi connectivity index (χ2v) is 9.42. The molecule has 0 radical (unpaired) electrons. The van der Waals surface area contributed by atoms with Gasteiger partial charge in [-0.15, -0.1) is 11.3 Å². The van der Waals surface area contributed by atoms with E-state index in [0.29, 0.717) is 5.41 Å². The van der Waals surface area contributed by atoms with Crippen LogP contribution in [-0.2, 0) is 12.8 Å². The Morgan fingerprint density at radius 1 is 1.16 bits per heavy atom. The van der Waals surface area contributed by atoms with Crippen molar-refractivity contribution in [3.8, 4) is 0 Å². The maximum Gasteiger partial charge on any atom is 0.155 e. The number of hydrogen-bond acceptors (Lipinski definition) is 5. The lowest BCUT2D eigenvalue weighted by atomic mass is 9.76. The molecule has 1 aliphatic heterocycles. The SMILES string of the molecule is Cc1nc2c(s1)CC1(CCN(c3nc(C)c(Br)n4nccc34)CC1)C2. The van der Waals surface area contributed by atoms with Gasteiger partial charge in [-0.25, -0.2) is 14.5 Å². The first-order valence-electron chi connectivity index (χ1n) is 8.75. The summed E-state index contributed by atoms with van der Waals surface area (Å²) < 4.78 is 2.88. The Bertz CT molecular complexity index is 942. The molecule has 3 aromatic heterocycles. The Kier molecular flexibility index (Phi) is 3.47. The summed E-state index contributed by atoms with van der Waals surface area (Å²) in [4.78, 5) is 13.6. The largest absolute Gasteiger partial charge is 0.355 e. The molecule has 0 N–H and O–H groups in total. The minimum absolute atomic E-state index is 0.430. The first-order chi connectivity index (χ1) is 12.0. The molecule has 0 atom stereocenters. The topological polar surface area (TPSA) is 46.3 Å². The Labute approximate surface area is 159 Å². The van der Waals surface area contributed by atoms with E-state index < -0.39 is 0 Å². The Balaban J connectivity index is 1.40. The van der Waals surface area contributed by atoms with Crippen molar-refractivity contribution < 1.29 is 0 Å². The second kappa shape index (κ2) is 5.51. The molecule has 7 heteroatoms. The number of aryl methyl sites for hydroxylation is 2. The molecule has 1 saturated heterocycles. The smallest absolute Gasteiger partial charge is 0.155 e. The van der Waals surface area contributed by atoms with Gasteiger partial charge in [-0.3, -0.25) is 0 Å². The van der Waals surface area contributed by atoms with Gasteiger partial charge in [0.1, 0.15) is 10.1 Å². The molecule has 0 unspecified atom stereocenters. The molecule has 130 valence electrons. The molecule has 5 nitrogen and oxygen atoms in total. The fourth-order valence-corrected chi connectivity index (χ4v) is 5.87. The quantitative estimate of drug-likeness (QED) is 0.601. The molecule has 4 heterocycles. The lowest BCUT2D eigenvalue weighted by molar-refractivity contribution is 0.232. The van der Waals surface area contributed by atoms with Crippen LogP contribution in [0.25, 0.3) is 5.52 Å². The molecule has 1 spiro atoms. The third-order valence-electron chi connectivity index (χ3n) is 5.72. The van der Waals surface area contributed by atoms with Crippen LogP contribution in [0.4, 0.5) is 5.82 Å². The van der Waals surface area contributed by atoms with E-state index in [-0.39, 0.29) is 0 Å². The van der Waals surface area contributed by atoms with Crippen molar-refractivity contribution in [2.24, 2.45) is 5.41 Å². The summed E-state index contributed by atoms with van der Waals surface area (Å²) in [6.45, 7) is 6.27. The van der Waals surface area contributed by atoms with Crippen molar-refractivity contribution in [1.82, 2.24) is 19.6 Å². The van der Waals surface area contributed by atoms with E-state index in [1.54, 1.807) is 0 Å². The minimum Gasteiger partial charge on any atom is -0.355 e. The van der Waals surface area contributed by atoms with Crippen LogP contribution < -0.4 is 4.90 Å². The minimum atomic E-state index is 0.430. The van der Waals surface area contributed by atoms with Crippen LogP contribution in [0.5, 0.6) is 0 Å².